The second-order valence-corrected chi connectivity index (χ2v) is 5.35. The van der Waals surface area contributed by atoms with Gasteiger partial charge >= 0.3 is 0 Å². The Balaban J connectivity index is 0.00000147. The molecule has 1 atom stereocenters. The highest BCUT2D eigenvalue weighted by molar-refractivity contribution is 8.00. The Morgan fingerprint density at radius 1 is 1.05 bits per heavy atom. The monoisotopic (exact) mass is 305 g/mol. The number of rotatable bonds is 3. The minimum atomic E-state index is -0.0500. The molecule has 0 bridgehead atoms. The van der Waals surface area contributed by atoms with E-state index in [0.29, 0.717) is 0 Å². The van der Waals surface area contributed by atoms with Gasteiger partial charge < -0.3 is 0 Å². The van der Waals surface area contributed by atoms with E-state index in [9.17, 15) is 4.79 Å². The molecule has 0 fully saturated rings. The van der Waals surface area contributed by atoms with Gasteiger partial charge in [0.15, 0.2) is 0 Å². The molecule has 0 spiro atoms. The fraction of sp³-hybridized carbons (Fsp3) is 0.188. The van der Waals surface area contributed by atoms with E-state index in [-0.39, 0.29) is 24.2 Å². The fourth-order valence-electron chi connectivity index (χ4n) is 2.60. The maximum atomic E-state index is 12.5. The summed E-state index contributed by atoms with van der Waals surface area (Å²) in [6.45, 7) is 0. The molecule has 0 radical (unpaired) electrons. The summed E-state index contributed by atoms with van der Waals surface area (Å²) in [4.78, 5) is 12.5. The molecule has 1 amide bonds. The molecular formula is C16H16ClNOS. The van der Waals surface area contributed by atoms with Gasteiger partial charge in [-0.05, 0) is 35.6 Å². The number of amides is 1. The number of halogens is 1. The Morgan fingerprint density at radius 3 is 2.40 bits per heavy atom. The van der Waals surface area contributed by atoms with Crippen molar-refractivity contribution in [1.82, 2.24) is 0 Å². The van der Waals surface area contributed by atoms with Gasteiger partial charge in [-0.1, -0.05) is 48.5 Å². The lowest BCUT2D eigenvalue weighted by atomic mass is 9.93. The molecule has 1 aliphatic heterocycles. The number of hydrogen-bond acceptors (Lipinski definition) is 2. The second kappa shape index (κ2) is 6.33. The third-order valence-electron chi connectivity index (χ3n) is 3.49. The number of carbonyl (C=O) groups is 1. The van der Waals surface area contributed by atoms with Crippen LogP contribution in [-0.2, 0) is 11.2 Å². The van der Waals surface area contributed by atoms with Crippen LogP contribution in [0.15, 0.2) is 54.6 Å². The fourth-order valence-corrected chi connectivity index (χ4v) is 3.27. The quantitative estimate of drug-likeness (QED) is 0.797. The number of nitrogens with zero attached hydrogens (tertiary/aromatic N) is 1. The van der Waals surface area contributed by atoms with Gasteiger partial charge in [-0.2, -0.15) is 0 Å². The summed E-state index contributed by atoms with van der Waals surface area (Å²) < 4.78 is 1.81. The van der Waals surface area contributed by atoms with E-state index in [4.69, 9.17) is 0 Å². The predicted octanol–water partition coefficient (Wildman–Crippen LogP) is 4.06. The van der Waals surface area contributed by atoms with Crippen LogP contribution in [0, 0.1) is 0 Å². The summed E-state index contributed by atoms with van der Waals surface area (Å²) >= 11 is 1.48. The predicted molar refractivity (Wildman–Crippen MR) is 87.6 cm³/mol. The molecule has 0 aromatic heterocycles. The summed E-state index contributed by atoms with van der Waals surface area (Å²) in [6, 6.07) is 18.3. The van der Waals surface area contributed by atoms with E-state index < -0.39 is 0 Å². The Hall–Kier alpha value is -1.45. The van der Waals surface area contributed by atoms with E-state index >= 15 is 0 Å². The molecule has 2 nitrogen and oxygen atoms in total. The zero-order valence-corrected chi connectivity index (χ0v) is 12.8. The number of hydrogen-bond donors (Lipinski definition) is 0. The van der Waals surface area contributed by atoms with Crippen LogP contribution in [0.3, 0.4) is 0 Å². The van der Waals surface area contributed by atoms with E-state index in [0.717, 1.165) is 17.7 Å². The average Bonchev–Trinajstić information content (AvgIpc) is 2.73. The molecule has 1 unspecified atom stereocenters. The van der Waals surface area contributed by atoms with Crippen molar-refractivity contribution in [3.63, 3.8) is 0 Å². The Labute approximate surface area is 129 Å². The molecule has 104 valence electrons. The van der Waals surface area contributed by atoms with Crippen molar-refractivity contribution in [3.05, 3.63) is 65.7 Å². The first kappa shape index (κ1) is 14.9. The maximum Gasteiger partial charge on any atom is 0.245 e. The third-order valence-corrected chi connectivity index (χ3v) is 4.24. The lowest BCUT2D eigenvalue weighted by Crippen LogP contribution is -2.22. The molecule has 4 heteroatoms. The van der Waals surface area contributed by atoms with Crippen molar-refractivity contribution < 1.29 is 4.79 Å². The van der Waals surface area contributed by atoms with Crippen molar-refractivity contribution >= 4 is 35.9 Å². The van der Waals surface area contributed by atoms with Crippen LogP contribution in [0.2, 0.25) is 0 Å². The van der Waals surface area contributed by atoms with Crippen LogP contribution >= 0.6 is 24.4 Å². The first-order chi connectivity index (χ1) is 9.31. The molecule has 1 heterocycles. The summed E-state index contributed by atoms with van der Waals surface area (Å²) in [6.07, 6.45) is 2.72. The van der Waals surface area contributed by atoms with E-state index in [1.807, 2.05) is 47.0 Å². The number of benzene rings is 2. The molecule has 0 N–H and O–H groups in total. The Morgan fingerprint density at radius 2 is 1.70 bits per heavy atom. The number of fused-ring (bicyclic) bond motifs is 1. The van der Waals surface area contributed by atoms with E-state index in [1.54, 1.807) is 0 Å². The number of anilines is 1. The number of para-hydroxylation sites is 1. The van der Waals surface area contributed by atoms with Crippen LogP contribution in [0.5, 0.6) is 0 Å². The highest BCUT2D eigenvalue weighted by atomic mass is 35.5. The zero-order chi connectivity index (χ0) is 13.2. The van der Waals surface area contributed by atoms with E-state index in [1.165, 1.54) is 17.5 Å². The molecule has 2 aromatic rings. The van der Waals surface area contributed by atoms with Crippen molar-refractivity contribution in [2.45, 2.75) is 12.3 Å². The smallest absolute Gasteiger partial charge is 0.245 e. The van der Waals surface area contributed by atoms with Gasteiger partial charge in [0.2, 0.25) is 5.91 Å². The minimum Gasteiger partial charge on any atom is -0.273 e. The van der Waals surface area contributed by atoms with Crippen LogP contribution in [0.1, 0.15) is 17.0 Å². The van der Waals surface area contributed by atoms with Crippen molar-refractivity contribution in [1.29, 1.82) is 0 Å². The summed E-state index contributed by atoms with van der Waals surface area (Å²) in [5, 5.41) is 0. The van der Waals surface area contributed by atoms with Gasteiger partial charge in [0, 0.05) is 6.26 Å². The van der Waals surface area contributed by atoms with Crippen LogP contribution in [-0.4, -0.2) is 12.2 Å². The minimum absolute atomic E-state index is 0. The molecule has 0 aliphatic carbocycles. The lowest BCUT2D eigenvalue weighted by molar-refractivity contribution is -0.118. The summed E-state index contributed by atoms with van der Waals surface area (Å²) in [5.41, 5.74) is 3.39. The van der Waals surface area contributed by atoms with Gasteiger partial charge in [-0.3, -0.25) is 9.10 Å². The van der Waals surface area contributed by atoms with E-state index in [2.05, 4.69) is 18.2 Å². The highest BCUT2D eigenvalue weighted by Crippen LogP contribution is 2.41. The van der Waals surface area contributed by atoms with Crippen LogP contribution < -0.4 is 4.31 Å². The molecular weight excluding hydrogens is 290 g/mol. The highest BCUT2D eigenvalue weighted by Gasteiger charge is 2.36. The van der Waals surface area contributed by atoms with Gasteiger partial charge in [0.05, 0.1) is 11.6 Å². The van der Waals surface area contributed by atoms with Crippen molar-refractivity contribution in [2.75, 3.05) is 10.6 Å². The Kier molecular flexibility index (Phi) is 4.73. The standard InChI is InChI=1S/C16H15NOS.ClH/c1-19-17-15-10-6-5-9-13(15)14(16(17)18)11-12-7-3-2-4-8-12;/h2-10,14H,11H2,1H3;1H. The van der Waals surface area contributed by atoms with Crippen molar-refractivity contribution in [3.8, 4) is 0 Å². The largest absolute Gasteiger partial charge is 0.273 e. The number of carbonyl (C=O) groups excluding carboxylic acids is 1. The molecule has 1 aliphatic rings. The molecule has 20 heavy (non-hydrogen) atoms. The van der Waals surface area contributed by atoms with Gasteiger partial charge in [0.1, 0.15) is 0 Å². The molecule has 0 saturated heterocycles. The maximum absolute atomic E-state index is 12.5. The van der Waals surface area contributed by atoms with Crippen LogP contribution in [0.4, 0.5) is 5.69 Å². The van der Waals surface area contributed by atoms with Gasteiger partial charge in [0.25, 0.3) is 0 Å². The lowest BCUT2D eigenvalue weighted by Gasteiger charge is -2.13. The summed E-state index contributed by atoms with van der Waals surface area (Å²) in [5.74, 6) is 0.142. The first-order valence-corrected chi connectivity index (χ1v) is 7.50. The third kappa shape index (κ3) is 2.56. The molecule has 3 rings (SSSR count). The van der Waals surface area contributed by atoms with Crippen LogP contribution in [0.25, 0.3) is 0 Å². The normalized spacial score (nSPS) is 16.8. The van der Waals surface area contributed by atoms with Gasteiger partial charge in [-0.25, -0.2) is 0 Å². The second-order valence-electron chi connectivity index (χ2n) is 4.62. The van der Waals surface area contributed by atoms with Gasteiger partial charge in [-0.15, -0.1) is 12.4 Å². The van der Waals surface area contributed by atoms with Crippen molar-refractivity contribution in [2.24, 2.45) is 0 Å². The average molecular weight is 306 g/mol. The summed E-state index contributed by atoms with van der Waals surface area (Å²) in [7, 11) is 0. The first-order valence-electron chi connectivity index (χ1n) is 6.32. The topological polar surface area (TPSA) is 20.3 Å². The molecule has 2 aromatic carbocycles. The SMILES string of the molecule is CSN1C(=O)C(Cc2ccccc2)c2ccccc21.Cl. The zero-order valence-electron chi connectivity index (χ0n) is 11.2. The Bertz CT molecular complexity index is 602. The molecule has 0 saturated carbocycles.